The molecule has 1 saturated heterocycles. The smallest absolute Gasteiger partial charge is 0.418 e. The van der Waals surface area contributed by atoms with Crippen molar-refractivity contribution in [2.24, 2.45) is 5.41 Å². The van der Waals surface area contributed by atoms with E-state index in [1.165, 1.54) is 11.7 Å². The number of urea groups is 1. The summed E-state index contributed by atoms with van der Waals surface area (Å²) in [6, 6.07) is 3.44. The number of para-hydroxylation sites is 1. The van der Waals surface area contributed by atoms with Crippen LogP contribution < -0.4 is 16.0 Å². The molecule has 1 aromatic heterocycles. The summed E-state index contributed by atoms with van der Waals surface area (Å²) in [6.45, 7) is 11.6. The number of unbranched alkanes of at least 4 members (excludes halogenated alkanes) is 2. The summed E-state index contributed by atoms with van der Waals surface area (Å²) in [7, 11) is 1.26. The fourth-order valence-electron chi connectivity index (χ4n) is 6.78. The van der Waals surface area contributed by atoms with Crippen molar-refractivity contribution in [3.05, 3.63) is 46.1 Å². The zero-order valence-corrected chi connectivity index (χ0v) is 32.7. The zero-order chi connectivity index (χ0) is 40.0. The Balaban J connectivity index is 1.93. The van der Waals surface area contributed by atoms with Gasteiger partial charge in [-0.3, -0.25) is 14.2 Å². The van der Waals surface area contributed by atoms with Crippen LogP contribution in [0.1, 0.15) is 105 Å². The molecular weight excluding hydrogens is 700 g/mol. The maximum atomic E-state index is 14.2. The fourth-order valence-corrected chi connectivity index (χ4v) is 6.78. The molecule has 0 saturated carbocycles. The number of piperidine rings is 1. The highest BCUT2D eigenvalue weighted by Gasteiger charge is 2.36. The van der Waals surface area contributed by atoms with E-state index < -0.39 is 47.1 Å². The van der Waals surface area contributed by atoms with E-state index in [2.05, 4.69) is 20.8 Å². The molecule has 16 nitrogen and oxygen atoms in total. The molecule has 0 bridgehead atoms. The number of nitrogens with one attached hydrogen (secondary N) is 3. The maximum Gasteiger partial charge on any atom is 0.418 e. The Morgan fingerprint density at radius 2 is 1.56 bits per heavy atom. The lowest BCUT2D eigenvalue weighted by molar-refractivity contribution is -0.757. The lowest BCUT2D eigenvalue weighted by Gasteiger charge is -2.40. The van der Waals surface area contributed by atoms with Crippen molar-refractivity contribution >= 4 is 40.8 Å². The van der Waals surface area contributed by atoms with Gasteiger partial charge < -0.3 is 35.2 Å². The Morgan fingerprint density at radius 1 is 0.926 bits per heavy atom. The number of rotatable bonds is 18. The number of esters is 1. The quantitative estimate of drug-likeness (QED) is 0.0779. The molecule has 3 rings (SSSR count). The third kappa shape index (κ3) is 12.9. The normalized spacial score (nSPS) is 17.5. The lowest BCUT2D eigenvalue weighted by Crippen LogP contribution is -2.60. The standard InChI is InChI=1S/C38H58N6O10/c1-8-9-18-29(35(47)53-20-12-13-21-54-44(50)51)39-33(45)30(22-27-24-42(37(49)52-7)32-19-11-10-17-28(27)32)40-34(46)31(23-38(4,5)6)41-36(48)43-25(2)15-14-16-26(43)3/h10-11,17,19,24-26,29-31H,8-9,12-16,18,20-23H2,1-7H3,(H,39,45)(H,40,46)(H,41,48). The Morgan fingerprint density at radius 3 is 2.19 bits per heavy atom. The molecule has 0 aliphatic carbocycles. The lowest BCUT2D eigenvalue weighted by atomic mass is 9.87. The number of methoxy groups -OCH3 is 1. The zero-order valence-electron chi connectivity index (χ0n) is 32.7. The van der Waals surface area contributed by atoms with Gasteiger partial charge in [0.1, 0.15) is 18.1 Å². The van der Waals surface area contributed by atoms with Crippen molar-refractivity contribution in [3.8, 4) is 0 Å². The van der Waals surface area contributed by atoms with Crippen LogP contribution in [0.3, 0.4) is 0 Å². The van der Waals surface area contributed by atoms with E-state index in [9.17, 15) is 34.1 Å². The second kappa shape index (κ2) is 20.5. The van der Waals surface area contributed by atoms with Crippen molar-refractivity contribution in [2.45, 2.75) is 136 Å². The van der Waals surface area contributed by atoms with Gasteiger partial charge in [0.25, 0.3) is 5.09 Å². The van der Waals surface area contributed by atoms with Crippen LogP contribution in [0.15, 0.2) is 30.5 Å². The molecule has 300 valence electrons. The highest BCUT2D eigenvalue weighted by atomic mass is 16.9. The number of hydrogen-bond donors (Lipinski definition) is 3. The first-order valence-electron chi connectivity index (χ1n) is 18.9. The molecule has 0 spiro atoms. The first-order valence-corrected chi connectivity index (χ1v) is 18.9. The van der Waals surface area contributed by atoms with Gasteiger partial charge in [-0.25, -0.2) is 14.4 Å². The molecular formula is C38H58N6O10. The summed E-state index contributed by atoms with van der Waals surface area (Å²) >= 11 is 0. The number of aromatic nitrogens is 1. The largest absolute Gasteiger partial charge is 0.464 e. The summed E-state index contributed by atoms with van der Waals surface area (Å²) in [5, 5.41) is 18.8. The van der Waals surface area contributed by atoms with Crippen molar-refractivity contribution < 1.29 is 43.4 Å². The maximum absolute atomic E-state index is 14.2. The summed E-state index contributed by atoms with van der Waals surface area (Å²) in [6.07, 6.45) is 6.03. The highest BCUT2D eigenvalue weighted by molar-refractivity contribution is 5.95. The monoisotopic (exact) mass is 758 g/mol. The molecule has 3 N–H and O–H groups in total. The average molecular weight is 759 g/mol. The van der Waals surface area contributed by atoms with Crippen molar-refractivity contribution in [1.82, 2.24) is 25.4 Å². The van der Waals surface area contributed by atoms with Crippen LogP contribution in [-0.4, -0.2) is 95.0 Å². The van der Waals surface area contributed by atoms with Crippen LogP contribution in [0.25, 0.3) is 10.9 Å². The molecule has 2 heterocycles. The fraction of sp³-hybridized carbons (Fsp3) is 0.658. The SMILES string of the molecule is CCCCC(NC(=O)C(Cc1cn(C(=O)OC)c2ccccc12)NC(=O)C(CC(C)(C)C)NC(=O)N1C(C)CCCC1C)C(=O)OCCCCO[N+](=O)[O-]. The molecule has 5 atom stereocenters. The molecule has 0 radical (unpaired) electrons. The van der Waals surface area contributed by atoms with Crippen molar-refractivity contribution in [2.75, 3.05) is 20.3 Å². The van der Waals surface area contributed by atoms with Gasteiger partial charge in [-0.2, -0.15) is 0 Å². The number of fused-ring (bicyclic) bond motifs is 1. The minimum absolute atomic E-state index is 0.00746. The molecule has 54 heavy (non-hydrogen) atoms. The van der Waals surface area contributed by atoms with Crippen LogP contribution in [0, 0.1) is 15.5 Å². The van der Waals surface area contributed by atoms with E-state index in [1.54, 1.807) is 35.4 Å². The molecule has 1 aliphatic rings. The molecule has 1 fully saturated rings. The second-order valence-corrected chi connectivity index (χ2v) is 15.2. The molecule has 1 aromatic carbocycles. The third-order valence-corrected chi connectivity index (χ3v) is 9.51. The number of likely N-dealkylation sites (tertiary alicyclic amines) is 1. The number of benzene rings is 1. The van der Waals surface area contributed by atoms with Gasteiger partial charge in [0.2, 0.25) is 11.8 Å². The van der Waals surface area contributed by atoms with E-state index in [4.69, 9.17) is 9.47 Å². The van der Waals surface area contributed by atoms with Crippen LogP contribution in [-0.2, 0) is 35.1 Å². The summed E-state index contributed by atoms with van der Waals surface area (Å²) in [4.78, 5) is 84.6. The summed E-state index contributed by atoms with van der Waals surface area (Å²) < 4.78 is 11.7. The number of carbonyl (C=O) groups is 5. The van der Waals surface area contributed by atoms with Gasteiger partial charge in [-0.05, 0) is 75.8 Å². The van der Waals surface area contributed by atoms with E-state index in [0.29, 0.717) is 29.3 Å². The Kier molecular flexibility index (Phi) is 16.5. The number of nitrogens with zero attached hydrogens (tertiary/aromatic N) is 3. The van der Waals surface area contributed by atoms with Crippen LogP contribution >= 0.6 is 0 Å². The first kappa shape index (κ1) is 43.5. The van der Waals surface area contributed by atoms with Gasteiger partial charge in [0.15, 0.2) is 0 Å². The van der Waals surface area contributed by atoms with Gasteiger partial charge >= 0.3 is 18.1 Å². The predicted molar refractivity (Wildman–Crippen MR) is 201 cm³/mol. The second-order valence-electron chi connectivity index (χ2n) is 15.2. The molecule has 16 heteroatoms. The minimum Gasteiger partial charge on any atom is -0.464 e. The molecule has 1 aliphatic heterocycles. The Labute approximate surface area is 317 Å². The van der Waals surface area contributed by atoms with E-state index in [0.717, 1.165) is 25.7 Å². The van der Waals surface area contributed by atoms with E-state index >= 15 is 0 Å². The molecule has 5 unspecified atom stereocenters. The molecule has 4 amide bonds. The summed E-state index contributed by atoms with van der Waals surface area (Å²) in [5.74, 6) is -1.91. The molecule has 2 aromatic rings. The summed E-state index contributed by atoms with van der Waals surface area (Å²) in [5.41, 5.74) is 0.721. The number of carbonyl (C=O) groups excluding carboxylic acids is 5. The van der Waals surface area contributed by atoms with Crippen molar-refractivity contribution in [1.29, 1.82) is 0 Å². The first-order chi connectivity index (χ1) is 25.6. The Hall–Kier alpha value is -4.89. The topological polar surface area (TPSA) is 200 Å². The highest BCUT2D eigenvalue weighted by Crippen LogP contribution is 2.26. The third-order valence-electron chi connectivity index (χ3n) is 9.51. The number of hydrogen-bond acceptors (Lipinski definition) is 10. The minimum atomic E-state index is -1.24. The van der Waals surface area contributed by atoms with Crippen molar-refractivity contribution in [3.63, 3.8) is 0 Å². The van der Waals surface area contributed by atoms with Crippen LogP contribution in [0.5, 0.6) is 0 Å². The van der Waals surface area contributed by atoms with Gasteiger partial charge in [0, 0.05) is 30.1 Å². The van der Waals surface area contributed by atoms with Crippen LogP contribution in [0.2, 0.25) is 0 Å². The predicted octanol–water partition coefficient (Wildman–Crippen LogP) is 5.27. The van der Waals surface area contributed by atoms with Gasteiger partial charge in [0.05, 0.1) is 25.8 Å². The van der Waals surface area contributed by atoms with E-state index in [-0.39, 0.29) is 62.4 Å². The van der Waals surface area contributed by atoms with E-state index in [1.807, 2.05) is 41.5 Å². The van der Waals surface area contributed by atoms with Gasteiger partial charge in [-0.1, -0.05) is 58.7 Å². The average Bonchev–Trinajstić information content (AvgIpc) is 3.47. The van der Waals surface area contributed by atoms with Gasteiger partial charge in [-0.15, -0.1) is 10.1 Å². The number of ether oxygens (including phenoxy) is 2. The Bertz CT molecular complexity index is 1590. The number of amides is 4. The van der Waals surface area contributed by atoms with Crippen LogP contribution in [0.4, 0.5) is 9.59 Å².